The molecule has 0 spiro atoms. The van der Waals surface area contributed by atoms with Gasteiger partial charge in [0.05, 0.1) is 0 Å². The summed E-state index contributed by atoms with van der Waals surface area (Å²) >= 11 is 0. The zero-order valence-corrected chi connectivity index (χ0v) is 7.51. The normalized spacial score (nSPS) is 29.1. The van der Waals surface area contributed by atoms with E-state index in [1.165, 1.54) is 18.4 Å². The second kappa shape index (κ2) is 2.91. The first-order valence-corrected chi connectivity index (χ1v) is 4.62. The number of nitrogens with one attached hydrogen (secondary N) is 1. The third-order valence-electron chi connectivity index (χ3n) is 2.78. The standard InChI is InChI=1S/C11H15N/c1-11(8-5-9-12-11)10-6-3-2-4-7-10/h2-4,6-7,12H,5,8-9H2,1H3. The van der Waals surface area contributed by atoms with Crippen molar-refractivity contribution in [2.45, 2.75) is 25.3 Å². The molecule has 64 valence electrons. The van der Waals surface area contributed by atoms with Crippen LogP contribution < -0.4 is 5.32 Å². The van der Waals surface area contributed by atoms with Crippen molar-refractivity contribution >= 4 is 0 Å². The second-order valence-electron chi connectivity index (χ2n) is 3.73. The van der Waals surface area contributed by atoms with Gasteiger partial charge in [-0.1, -0.05) is 30.3 Å². The van der Waals surface area contributed by atoms with Crippen LogP contribution in [0.4, 0.5) is 0 Å². The molecule has 1 N–H and O–H groups in total. The van der Waals surface area contributed by atoms with E-state index in [4.69, 9.17) is 0 Å². The average molecular weight is 161 g/mol. The van der Waals surface area contributed by atoms with E-state index < -0.39 is 0 Å². The fourth-order valence-corrected chi connectivity index (χ4v) is 1.95. The number of hydrogen-bond acceptors (Lipinski definition) is 1. The molecule has 2 rings (SSSR count). The molecule has 1 unspecified atom stereocenters. The van der Waals surface area contributed by atoms with Gasteiger partial charge in [-0.2, -0.15) is 0 Å². The van der Waals surface area contributed by atoms with E-state index in [1.807, 2.05) is 0 Å². The van der Waals surface area contributed by atoms with E-state index in [2.05, 4.69) is 42.6 Å². The maximum atomic E-state index is 3.55. The highest BCUT2D eigenvalue weighted by molar-refractivity contribution is 5.24. The highest BCUT2D eigenvalue weighted by Crippen LogP contribution is 2.29. The molecule has 0 aliphatic carbocycles. The number of rotatable bonds is 1. The molecule has 1 aromatic rings. The molecule has 0 amide bonds. The van der Waals surface area contributed by atoms with Crippen LogP contribution in [0.5, 0.6) is 0 Å². The lowest BCUT2D eigenvalue weighted by Gasteiger charge is -2.24. The Balaban J connectivity index is 2.29. The van der Waals surface area contributed by atoms with E-state index in [0.29, 0.717) is 0 Å². The van der Waals surface area contributed by atoms with Crippen LogP contribution in [0.1, 0.15) is 25.3 Å². The molecule has 0 bridgehead atoms. The third-order valence-corrected chi connectivity index (χ3v) is 2.78. The smallest absolute Gasteiger partial charge is 0.0406 e. The summed E-state index contributed by atoms with van der Waals surface area (Å²) in [6, 6.07) is 10.7. The van der Waals surface area contributed by atoms with E-state index >= 15 is 0 Å². The SMILES string of the molecule is CC1(c2ccccc2)CCCN1. The van der Waals surface area contributed by atoms with Gasteiger partial charge < -0.3 is 5.32 Å². The van der Waals surface area contributed by atoms with E-state index in [-0.39, 0.29) is 5.54 Å². The zero-order chi connectivity index (χ0) is 8.44. The van der Waals surface area contributed by atoms with Crippen LogP contribution in [-0.4, -0.2) is 6.54 Å². The van der Waals surface area contributed by atoms with E-state index in [1.54, 1.807) is 0 Å². The summed E-state index contributed by atoms with van der Waals surface area (Å²) in [6.07, 6.45) is 2.56. The van der Waals surface area contributed by atoms with Gasteiger partial charge in [0.1, 0.15) is 0 Å². The van der Waals surface area contributed by atoms with Gasteiger partial charge >= 0.3 is 0 Å². The molecule has 1 saturated heterocycles. The van der Waals surface area contributed by atoms with Gasteiger partial charge in [-0.05, 0) is 31.9 Å². The molecule has 0 radical (unpaired) electrons. The Kier molecular flexibility index (Phi) is 1.89. The topological polar surface area (TPSA) is 12.0 Å². The minimum atomic E-state index is 0.237. The fraction of sp³-hybridized carbons (Fsp3) is 0.455. The maximum Gasteiger partial charge on any atom is 0.0406 e. The van der Waals surface area contributed by atoms with Crippen LogP contribution in [0.25, 0.3) is 0 Å². The molecular formula is C11H15N. The van der Waals surface area contributed by atoms with Gasteiger partial charge in [0.2, 0.25) is 0 Å². The molecule has 1 aliphatic heterocycles. The van der Waals surface area contributed by atoms with Crippen LogP contribution in [0.2, 0.25) is 0 Å². The predicted molar refractivity (Wildman–Crippen MR) is 51.0 cm³/mol. The quantitative estimate of drug-likeness (QED) is 0.666. The molecule has 1 atom stereocenters. The van der Waals surface area contributed by atoms with Gasteiger partial charge in [0.25, 0.3) is 0 Å². The summed E-state index contributed by atoms with van der Waals surface area (Å²) in [4.78, 5) is 0. The van der Waals surface area contributed by atoms with Crippen LogP contribution in [-0.2, 0) is 5.54 Å². The van der Waals surface area contributed by atoms with Crippen molar-refractivity contribution in [2.75, 3.05) is 6.54 Å². The van der Waals surface area contributed by atoms with E-state index in [9.17, 15) is 0 Å². The lowest BCUT2D eigenvalue weighted by molar-refractivity contribution is 0.435. The lowest BCUT2D eigenvalue weighted by Crippen LogP contribution is -2.32. The van der Waals surface area contributed by atoms with E-state index in [0.717, 1.165) is 6.54 Å². The highest BCUT2D eigenvalue weighted by atomic mass is 15.0. The zero-order valence-electron chi connectivity index (χ0n) is 7.51. The molecule has 1 heterocycles. The summed E-state index contributed by atoms with van der Waals surface area (Å²) in [5, 5.41) is 3.55. The molecule has 12 heavy (non-hydrogen) atoms. The summed E-state index contributed by atoms with van der Waals surface area (Å²) < 4.78 is 0. The van der Waals surface area contributed by atoms with Crippen molar-refractivity contribution in [1.82, 2.24) is 5.32 Å². The first-order chi connectivity index (χ1) is 5.81. The van der Waals surface area contributed by atoms with Crippen LogP contribution in [0.15, 0.2) is 30.3 Å². The van der Waals surface area contributed by atoms with Crippen LogP contribution in [0, 0.1) is 0 Å². The predicted octanol–water partition coefficient (Wildman–Crippen LogP) is 2.29. The fourth-order valence-electron chi connectivity index (χ4n) is 1.95. The average Bonchev–Trinajstić information content (AvgIpc) is 2.55. The third kappa shape index (κ3) is 1.25. The Bertz CT molecular complexity index is 247. The van der Waals surface area contributed by atoms with Crippen LogP contribution in [0.3, 0.4) is 0 Å². The molecule has 1 fully saturated rings. The Hall–Kier alpha value is -0.820. The van der Waals surface area contributed by atoms with Crippen LogP contribution >= 0.6 is 0 Å². The summed E-state index contributed by atoms with van der Waals surface area (Å²) in [7, 11) is 0. The highest BCUT2D eigenvalue weighted by Gasteiger charge is 2.29. The molecule has 1 nitrogen and oxygen atoms in total. The molecule has 1 aromatic carbocycles. The van der Waals surface area contributed by atoms with Gasteiger partial charge in [0.15, 0.2) is 0 Å². The summed E-state index contributed by atoms with van der Waals surface area (Å²) in [5.41, 5.74) is 1.66. The van der Waals surface area contributed by atoms with Gasteiger partial charge in [-0.15, -0.1) is 0 Å². The lowest BCUT2D eigenvalue weighted by atomic mass is 9.91. The maximum absolute atomic E-state index is 3.55. The summed E-state index contributed by atoms with van der Waals surface area (Å²) in [6.45, 7) is 3.45. The number of benzene rings is 1. The van der Waals surface area contributed by atoms with Crippen molar-refractivity contribution in [2.24, 2.45) is 0 Å². The monoisotopic (exact) mass is 161 g/mol. The largest absolute Gasteiger partial charge is 0.308 e. The first kappa shape index (κ1) is 7.81. The second-order valence-corrected chi connectivity index (χ2v) is 3.73. The molecule has 1 heteroatoms. The van der Waals surface area contributed by atoms with Gasteiger partial charge in [-0.25, -0.2) is 0 Å². The minimum absolute atomic E-state index is 0.237. The summed E-state index contributed by atoms with van der Waals surface area (Å²) in [5.74, 6) is 0. The van der Waals surface area contributed by atoms with Crippen molar-refractivity contribution in [1.29, 1.82) is 0 Å². The number of hydrogen-bond donors (Lipinski definition) is 1. The van der Waals surface area contributed by atoms with Crippen molar-refractivity contribution in [3.63, 3.8) is 0 Å². The molecule has 0 aromatic heterocycles. The molecule has 1 aliphatic rings. The van der Waals surface area contributed by atoms with Gasteiger partial charge in [-0.3, -0.25) is 0 Å². The Morgan fingerprint density at radius 1 is 1.25 bits per heavy atom. The van der Waals surface area contributed by atoms with Crippen molar-refractivity contribution in [3.05, 3.63) is 35.9 Å². The van der Waals surface area contributed by atoms with Crippen molar-refractivity contribution in [3.8, 4) is 0 Å². The van der Waals surface area contributed by atoms with Gasteiger partial charge in [0, 0.05) is 5.54 Å². The Morgan fingerprint density at radius 3 is 2.58 bits per heavy atom. The molecular weight excluding hydrogens is 146 g/mol. The first-order valence-electron chi connectivity index (χ1n) is 4.62. The van der Waals surface area contributed by atoms with Crippen molar-refractivity contribution < 1.29 is 0 Å². The molecule has 0 saturated carbocycles. The minimum Gasteiger partial charge on any atom is -0.308 e. The Labute approximate surface area is 73.8 Å². The Morgan fingerprint density at radius 2 is 2.00 bits per heavy atom.